The van der Waals surface area contributed by atoms with Gasteiger partial charge < -0.3 is 19.8 Å². The van der Waals surface area contributed by atoms with Crippen LogP contribution in [0.25, 0.3) is 0 Å². The molecule has 0 spiro atoms. The molecule has 114 valence electrons. The van der Waals surface area contributed by atoms with Gasteiger partial charge in [-0.25, -0.2) is 4.98 Å². The highest BCUT2D eigenvalue weighted by Gasteiger charge is 2.12. The monoisotopic (exact) mass is 291 g/mol. The lowest BCUT2D eigenvalue weighted by molar-refractivity contribution is 0.327. The molecule has 0 fully saturated rings. The minimum Gasteiger partial charge on any atom is -0.478 e. The van der Waals surface area contributed by atoms with E-state index in [9.17, 15) is 0 Å². The molecule has 0 aliphatic rings. The van der Waals surface area contributed by atoms with Gasteiger partial charge in [0, 0.05) is 11.6 Å². The van der Waals surface area contributed by atoms with Gasteiger partial charge in [-0.05, 0) is 33.8 Å². The van der Waals surface area contributed by atoms with Gasteiger partial charge in [0.1, 0.15) is 0 Å². The number of hydrogen-bond donors (Lipinski definition) is 2. The molecule has 0 aliphatic carbocycles. The zero-order valence-electron chi connectivity index (χ0n) is 12.8. The molecule has 0 aliphatic heterocycles. The van der Waals surface area contributed by atoms with Crippen LogP contribution in [0.4, 0.5) is 11.7 Å². The Kier molecular flexibility index (Phi) is 4.74. The fourth-order valence-corrected chi connectivity index (χ4v) is 1.53. The lowest BCUT2D eigenvalue weighted by Crippen LogP contribution is -2.35. The first-order valence-corrected chi connectivity index (χ1v) is 6.89. The van der Waals surface area contributed by atoms with Crippen LogP contribution in [0.15, 0.2) is 22.7 Å². The number of pyridine rings is 1. The Hall–Kier alpha value is -2.15. The van der Waals surface area contributed by atoms with Crippen molar-refractivity contribution >= 4 is 11.7 Å². The summed E-state index contributed by atoms with van der Waals surface area (Å²) < 4.78 is 10.8. The fourth-order valence-electron chi connectivity index (χ4n) is 1.53. The van der Waals surface area contributed by atoms with E-state index in [1.807, 2.05) is 13.0 Å². The zero-order valence-corrected chi connectivity index (χ0v) is 12.8. The lowest BCUT2D eigenvalue weighted by atomic mass is 10.1. The molecule has 0 atom stereocenters. The molecular weight excluding hydrogens is 270 g/mol. The molecule has 2 N–H and O–H groups in total. The number of rotatable bonds is 6. The standard InChI is InChI=1S/C14H21N5O2/c1-5-20-11-7-6-10(8-15-11)17-13-19-18-12(21-13)9-16-14(2,3)4/h6-8,16H,5,9H2,1-4H3,(H,17,19). The molecule has 21 heavy (non-hydrogen) atoms. The summed E-state index contributed by atoms with van der Waals surface area (Å²) in [4.78, 5) is 4.15. The maximum absolute atomic E-state index is 5.51. The van der Waals surface area contributed by atoms with Crippen molar-refractivity contribution < 1.29 is 9.15 Å². The Bertz CT molecular complexity index is 559. The molecule has 2 aromatic heterocycles. The van der Waals surface area contributed by atoms with Crippen molar-refractivity contribution in [1.82, 2.24) is 20.5 Å². The Morgan fingerprint density at radius 2 is 2.05 bits per heavy atom. The van der Waals surface area contributed by atoms with Crippen LogP contribution in [0.5, 0.6) is 5.88 Å². The van der Waals surface area contributed by atoms with Gasteiger partial charge >= 0.3 is 6.01 Å². The van der Waals surface area contributed by atoms with E-state index < -0.39 is 0 Å². The van der Waals surface area contributed by atoms with Gasteiger partial charge in [0.15, 0.2) is 0 Å². The van der Waals surface area contributed by atoms with Crippen molar-refractivity contribution in [3.63, 3.8) is 0 Å². The quantitative estimate of drug-likeness (QED) is 0.845. The van der Waals surface area contributed by atoms with E-state index in [1.54, 1.807) is 12.3 Å². The molecule has 7 heteroatoms. The van der Waals surface area contributed by atoms with Gasteiger partial charge in [0.2, 0.25) is 11.8 Å². The molecule has 2 aromatic rings. The highest BCUT2D eigenvalue weighted by molar-refractivity contribution is 5.50. The van der Waals surface area contributed by atoms with Crippen molar-refractivity contribution in [2.24, 2.45) is 0 Å². The number of nitrogens with zero attached hydrogens (tertiary/aromatic N) is 3. The van der Waals surface area contributed by atoms with Crippen LogP contribution in [-0.2, 0) is 6.54 Å². The summed E-state index contributed by atoms with van der Waals surface area (Å²) in [5, 5.41) is 14.2. The second kappa shape index (κ2) is 6.53. The van der Waals surface area contributed by atoms with E-state index >= 15 is 0 Å². The third kappa shape index (κ3) is 5.03. The minimum atomic E-state index is 0.00108. The van der Waals surface area contributed by atoms with Gasteiger partial charge in [0.25, 0.3) is 0 Å². The highest BCUT2D eigenvalue weighted by Crippen LogP contribution is 2.17. The van der Waals surface area contributed by atoms with E-state index in [0.717, 1.165) is 5.69 Å². The summed E-state index contributed by atoms with van der Waals surface area (Å²) in [7, 11) is 0. The predicted octanol–water partition coefficient (Wildman–Crippen LogP) is 2.50. The second-order valence-corrected chi connectivity index (χ2v) is 5.55. The van der Waals surface area contributed by atoms with Crippen LogP contribution < -0.4 is 15.4 Å². The highest BCUT2D eigenvalue weighted by atomic mass is 16.5. The van der Waals surface area contributed by atoms with E-state index in [0.29, 0.717) is 30.9 Å². The summed E-state index contributed by atoms with van der Waals surface area (Å²) in [6, 6.07) is 3.96. The number of anilines is 2. The van der Waals surface area contributed by atoms with Crippen molar-refractivity contribution in [1.29, 1.82) is 0 Å². The van der Waals surface area contributed by atoms with Gasteiger partial charge in [-0.3, -0.25) is 0 Å². The third-order valence-corrected chi connectivity index (χ3v) is 2.52. The average molecular weight is 291 g/mol. The van der Waals surface area contributed by atoms with E-state index in [2.05, 4.69) is 46.6 Å². The normalized spacial score (nSPS) is 11.4. The molecule has 0 aromatic carbocycles. The summed E-state index contributed by atoms with van der Waals surface area (Å²) in [6.45, 7) is 9.27. The predicted molar refractivity (Wildman–Crippen MR) is 79.6 cm³/mol. The lowest BCUT2D eigenvalue weighted by Gasteiger charge is -2.18. The van der Waals surface area contributed by atoms with Crippen LogP contribution in [0.1, 0.15) is 33.6 Å². The Balaban J connectivity index is 1.92. The average Bonchev–Trinajstić information content (AvgIpc) is 2.86. The van der Waals surface area contributed by atoms with Crippen LogP contribution in [0.2, 0.25) is 0 Å². The molecule has 0 saturated heterocycles. The van der Waals surface area contributed by atoms with Gasteiger partial charge in [0.05, 0.1) is 25.0 Å². The van der Waals surface area contributed by atoms with Gasteiger partial charge in [-0.15, -0.1) is 5.10 Å². The first-order valence-electron chi connectivity index (χ1n) is 6.89. The van der Waals surface area contributed by atoms with Crippen LogP contribution in [0.3, 0.4) is 0 Å². The van der Waals surface area contributed by atoms with Gasteiger partial charge in [-0.1, -0.05) is 5.10 Å². The maximum atomic E-state index is 5.51. The molecule has 7 nitrogen and oxygen atoms in total. The van der Waals surface area contributed by atoms with Crippen LogP contribution >= 0.6 is 0 Å². The third-order valence-electron chi connectivity index (χ3n) is 2.52. The van der Waals surface area contributed by atoms with Crippen molar-refractivity contribution in [3.8, 4) is 5.88 Å². The molecule has 2 heterocycles. The Morgan fingerprint density at radius 1 is 1.24 bits per heavy atom. The SMILES string of the molecule is CCOc1ccc(Nc2nnc(CNC(C)(C)C)o2)cn1. The number of aromatic nitrogens is 3. The van der Waals surface area contributed by atoms with E-state index in [1.165, 1.54) is 0 Å². The van der Waals surface area contributed by atoms with Crippen LogP contribution in [-0.4, -0.2) is 27.3 Å². The molecule has 0 saturated carbocycles. The minimum absolute atomic E-state index is 0.00108. The second-order valence-electron chi connectivity index (χ2n) is 5.55. The number of nitrogens with one attached hydrogen (secondary N) is 2. The van der Waals surface area contributed by atoms with Crippen molar-refractivity contribution in [2.75, 3.05) is 11.9 Å². The fraction of sp³-hybridized carbons (Fsp3) is 0.500. The van der Waals surface area contributed by atoms with Crippen LogP contribution in [0, 0.1) is 0 Å². The summed E-state index contributed by atoms with van der Waals surface area (Å²) in [5.41, 5.74) is 0.763. The van der Waals surface area contributed by atoms with Gasteiger partial charge in [-0.2, -0.15) is 0 Å². The zero-order chi connectivity index (χ0) is 15.3. The molecule has 0 amide bonds. The number of hydrogen-bond acceptors (Lipinski definition) is 7. The molecule has 2 rings (SSSR count). The maximum Gasteiger partial charge on any atom is 0.320 e. The molecule has 0 radical (unpaired) electrons. The summed E-state index contributed by atoms with van der Waals surface area (Å²) in [5.74, 6) is 1.12. The Labute approximate surface area is 124 Å². The molecule has 0 bridgehead atoms. The largest absolute Gasteiger partial charge is 0.478 e. The van der Waals surface area contributed by atoms with Crippen molar-refractivity contribution in [3.05, 3.63) is 24.2 Å². The first kappa shape index (κ1) is 15.2. The first-order chi connectivity index (χ1) is 9.96. The topological polar surface area (TPSA) is 85.1 Å². The summed E-state index contributed by atoms with van der Waals surface area (Å²) in [6.07, 6.45) is 1.66. The molecule has 0 unspecified atom stereocenters. The number of ether oxygens (including phenoxy) is 1. The molecular formula is C14H21N5O2. The van der Waals surface area contributed by atoms with Crippen molar-refractivity contribution in [2.45, 2.75) is 39.8 Å². The Morgan fingerprint density at radius 3 is 2.67 bits per heavy atom. The smallest absolute Gasteiger partial charge is 0.320 e. The van der Waals surface area contributed by atoms with E-state index in [4.69, 9.17) is 9.15 Å². The van der Waals surface area contributed by atoms with E-state index in [-0.39, 0.29) is 5.54 Å². The summed E-state index contributed by atoms with van der Waals surface area (Å²) >= 11 is 0.